The molecule has 1 saturated heterocycles. The van der Waals surface area contributed by atoms with E-state index in [9.17, 15) is 9.59 Å². The van der Waals surface area contributed by atoms with E-state index in [-0.39, 0.29) is 24.2 Å². The van der Waals surface area contributed by atoms with Gasteiger partial charge in [-0.1, -0.05) is 6.07 Å². The van der Waals surface area contributed by atoms with Gasteiger partial charge in [0.05, 0.1) is 13.2 Å². The molecular weight excluding hydrogens is 330 g/mol. The Morgan fingerprint density at radius 3 is 2.79 bits per heavy atom. The van der Waals surface area contributed by atoms with Crippen molar-refractivity contribution in [3.8, 4) is 0 Å². The third-order valence-electron chi connectivity index (χ3n) is 4.38. The van der Waals surface area contributed by atoms with Gasteiger partial charge in [0.2, 0.25) is 5.91 Å². The number of halogens is 1. The van der Waals surface area contributed by atoms with E-state index in [0.717, 1.165) is 30.6 Å². The first-order chi connectivity index (χ1) is 11.2. The van der Waals surface area contributed by atoms with Crippen molar-refractivity contribution in [1.29, 1.82) is 0 Å². The average Bonchev–Trinajstić information content (AvgIpc) is 2.61. The number of carbonyl (C=O) groups is 2. The number of carbonyl (C=O) groups excluding carboxylic acids is 2. The van der Waals surface area contributed by atoms with Crippen molar-refractivity contribution in [2.75, 3.05) is 38.2 Å². The van der Waals surface area contributed by atoms with E-state index >= 15 is 0 Å². The molecule has 2 heterocycles. The normalized spacial score (nSPS) is 17.8. The van der Waals surface area contributed by atoms with Gasteiger partial charge < -0.3 is 20.3 Å². The molecule has 2 amide bonds. The van der Waals surface area contributed by atoms with Crippen LogP contribution in [0.4, 0.5) is 5.69 Å². The molecule has 1 aromatic rings. The van der Waals surface area contributed by atoms with Gasteiger partial charge in [-0.3, -0.25) is 9.59 Å². The summed E-state index contributed by atoms with van der Waals surface area (Å²) in [7, 11) is 0. The predicted octanol–water partition coefficient (Wildman–Crippen LogP) is 1.44. The Kier molecular flexibility index (Phi) is 6.45. The Morgan fingerprint density at radius 2 is 2.04 bits per heavy atom. The number of hydrogen-bond donors (Lipinski definition) is 2. The van der Waals surface area contributed by atoms with Crippen LogP contribution in [0.15, 0.2) is 18.2 Å². The lowest BCUT2D eigenvalue weighted by Crippen LogP contribution is -2.50. The van der Waals surface area contributed by atoms with Gasteiger partial charge in [0.15, 0.2) is 0 Å². The van der Waals surface area contributed by atoms with E-state index in [1.165, 1.54) is 0 Å². The molecule has 2 aliphatic rings. The maximum absolute atomic E-state index is 12.6. The van der Waals surface area contributed by atoms with Gasteiger partial charge in [0.25, 0.3) is 5.91 Å². The number of morpholine rings is 1. The molecule has 0 radical (unpaired) electrons. The highest BCUT2D eigenvalue weighted by Crippen LogP contribution is 2.25. The number of fused-ring (bicyclic) bond motifs is 1. The van der Waals surface area contributed by atoms with Crippen molar-refractivity contribution in [2.45, 2.75) is 25.8 Å². The zero-order valence-corrected chi connectivity index (χ0v) is 14.7. The molecule has 2 N–H and O–H groups in total. The van der Waals surface area contributed by atoms with E-state index in [4.69, 9.17) is 4.74 Å². The maximum Gasteiger partial charge on any atom is 0.252 e. The first kappa shape index (κ1) is 18.5. The molecule has 0 saturated carbocycles. The number of nitrogens with one attached hydrogen (secondary N) is 2. The number of nitrogens with zero attached hydrogens (tertiary/aromatic N) is 1. The van der Waals surface area contributed by atoms with E-state index in [1.54, 1.807) is 11.8 Å². The summed E-state index contributed by atoms with van der Waals surface area (Å²) in [5.74, 6) is -0.232. The van der Waals surface area contributed by atoms with Crippen molar-refractivity contribution in [2.24, 2.45) is 0 Å². The summed E-state index contributed by atoms with van der Waals surface area (Å²) >= 11 is 0. The smallest absolute Gasteiger partial charge is 0.252 e. The van der Waals surface area contributed by atoms with Crippen LogP contribution in [0.1, 0.15) is 29.3 Å². The van der Waals surface area contributed by atoms with Crippen LogP contribution in [0.5, 0.6) is 0 Å². The van der Waals surface area contributed by atoms with Crippen LogP contribution in [0.2, 0.25) is 0 Å². The van der Waals surface area contributed by atoms with E-state index in [0.29, 0.717) is 31.9 Å². The van der Waals surface area contributed by atoms with Crippen molar-refractivity contribution >= 4 is 29.9 Å². The van der Waals surface area contributed by atoms with Crippen LogP contribution in [0.25, 0.3) is 0 Å². The number of amides is 2. The maximum atomic E-state index is 12.6. The van der Waals surface area contributed by atoms with Crippen LogP contribution in [0.3, 0.4) is 0 Å². The molecule has 132 valence electrons. The van der Waals surface area contributed by atoms with Crippen molar-refractivity contribution in [1.82, 2.24) is 10.2 Å². The summed E-state index contributed by atoms with van der Waals surface area (Å²) in [6, 6.07) is 5.16. The fourth-order valence-corrected chi connectivity index (χ4v) is 3.12. The number of hydrogen-bond acceptors (Lipinski definition) is 4. The van der Waals surface area contributed by atoms with Gasteiger partial charge >= 0.3 is 0 Å². The number of ether oxygens (including phenoxy) is 1. The molecule has 24 heavy (non-hydrogen) atoms. The van der Waals surface area contributed by atoms with Crippen molar-refractivity contribution in [3.63, 3.8) is 0 Å². The Hall–Kier alpha value is -1.79. The lowest BCUT2D eigenvalue weighted by atomic mass is 9.97. The quantitative estimate of drug-likeness (QED) is 0.862. The lowest BCUT2D eigenvalue weighted by Gasteiger charge is -2.29. The molecule has 1 unspecified atom stereocenters. The van der Waals surface area contributed by atoms with E-state index in [1.807, 2.05) is 18.2 Å². The van der Waals surface area contributed by atoms with E-state index < -0.39 is 6.04 Å². The molecule has 6 nitrogen and oxygen atoms in total. The Morgan fingerprint density at radius 1 is 1.29 bits per heavy atom. The summed E-state index contributed by atoms with van der Waals surface area (Å²) in [4.78, 5) is 26.7. The molecule has 0 bridgehead atoms. The summed E-state index contributed by atoms with van der Waals surface area (Å²) < 4.78 is 5.25. The SMILES string of the molecule is CC(NC(=O)c1cccc2c1CCCN2)C(=O)N1CCOCC1.Cl. The molecule has 1 atom stereocenters. The molecule has 7 heteroatoms. The predicted molar refractivity (Wildman–Crippen MR) is 94.8 cm³/mol. The lowest BCUT2D eigenvalue weighted by molar-refractivity contribution is -0.136. The minimum atomic E-state index is -0.534. The van der Waals surface area contributed by atoms with Crippen LogP contribution in [-0.4, -0.2) is 55.6 Å². The number of anilines is 1. The Bertz CT molecular complexity index is 603. The highest BCUT2D eigenvalue weighted by Gasteiger charge is 2.25. The molecule has 0 spiro atoms. The summed E-state index contributed by atoms with van der Waals surface area (Å²) in [5, 5.41) is 6.16. The topological polar surface area (TPSA) is 70.7 Å². The van der Waals surface area contributed by atoms with Gasteiger partial charge in [-0.25, -0.2) is 0 Å². The fourth-order valence-electron chi connectivity index (χ4n) is 3.12. The third kappa shape index (κ3) is 3.99. The van der Waals surface area contributed by atoms with Crippen LogP contribution in [0, 0.1) is 0 Å². The van der Waals surface area contributed by atoms with Crippen molar-refractivity contribution < 1.29 is 14.3 Å². The first-order valence-electron chi connectivity index (χ1n) is 8.20. The zero-order chi connectivity index (χ0) is 16.2. The summed E-state index contributed by atoms with van der Waals surface area (Å²) in [5.41, 5.74) is 2.73. The molecular formula is C17H24ClN3O3. The van der Waals surface area contributed by atoms with Crippen LogP contribution in [-0.2, 0) is 16.0 Å². The second-order valence-electron chi connectivity index (χ2n) is 5.99. The molecule has 3 rings (SSSR count). The highest BCUT2D eigenvalue weighted by molar-refractivity contribution is 5.99. The minimum Gasteiger partial charge on any atom is -0.385 e. The minimum absolute atomic E-state index is 0. The highest BCUT2D eigenvalue weighted by atomic mass is 35.5. The van der Waals surface area contributed by atoms with Crippen molar-refractivity contribution in [3.05, 3.63) is 29.3 Å². The van der Waals surface area contributed by atoms with Gasteiger partial charge in [-0.2, -0.15) is 0 Å². The van der Waals surface area contributed by atoms with Gasteiger partial charge in [0.1, 0.15) is 6.04 Å². The van der Waals surface area contributed by atoms with Gasteiger partial charge in [-0.15, -0.1) is 12.4 Å². The standard InChI is InChI=1S/C17H23N3O3.ClH/c1-12(17(22)20-8-10-23-11-9-20)19-16(21)14-4-2-6-15-13(14)5-3-7-18-15;/h2,4,6,12,18H,3,5,7-11H2,1H3,(H,19,21);1H. The number of benzene rings is 1. The first-order valence-corrected chi connectivity index (χ1v) is 8.20. The Balaban J connectivity index is 0.00000208. The molecule has 1 aromatic carbocycles. The monoisotopic (exact) mass is 353 g/mol. The molecule has 0 aromatic heterocycles. The molecule has 2 aliphatic heterocycles. The van der Waals surface area contributed by atoms with Crippen LogP contribution >= 0.6 is 12.4 Å². The second-order valence-corrected chi connectivity index (χ2v) is 5.99. The third-order valence-corrected chi connectivity index (χ3v) is 4.38. The Labute approximate surface area is 148 Å². The van der Waals surface area contributed by atoms with Gasteiger partial charge in [0, 0.05) is 30.9 Å². The number of rotatable bonds is 3. The summed E-state index contributed by atoms with van der Waals surface area (Å²) in [6.07, 6.45) is 1.90. The average molecular weight is 354 g/mol. The second kappa shape index (κ2) is 8.35. The fraction of sp³-hybridized carbons (Fsp3) is 0.529. The van der Waals surface area contributed by atoms with E-state index in [2.05, 4.69) is 10.6 Å². The van der Waals surface area contributed by atoms with Crippen LogP contribution < -0.4 is 10.6 Å². The molecule has 1 fully saturated rings. The molecule has 0 aliphatic carbocycles. The zero-order valence-electron chi connectivity index (χ0n) is 13.8. The van der Waals surface area contributed by atoms with Gasteiger partial charge in [-0.05, 0) is 37.5 Å². The summed E-state index contributed by atoms with van der Waals surface area (Å²) in [6.45, 7) is 4.97. The largest absolute Gasteiger partial charge is 0.385 e.